The standard InChI is InChI=1S/C13H20N4/c14-11-3-4-12(15-8-11)9-16-6-7-17-5-1-2-13(17)10-16/h3-4,8,13H,1-2,5-7,9-10,14H2. The number of fused-ring (bicyclic) bond motifs is 1. The van der Waals surface area contributed by atoms with Crippen LogP contribution in [-0.2, 0) is 6.54 Å². The highest BCUT2D eigenvalue weighted by atomic mass is 15.3. The van der Waals surface area contributed by atoms with Gasteiger partial charge < -0.3 is 5.73 Å². The number of nitrogens with zero attached hydrogens (tertiary/aromatic N) is 3. The molecule has 3 heterocycles. The fraction of sp³-hybridized carbons (Fsp3) is 0.615. The van der Waals surface area contributed by atoms with Crippen molar-refractivity contribution in [1.82, 2.24) is 14.8 Å². The molecule has 1 aromatic rings. The van der Waals surface area contributed by atoms with Crippen LogP contribution >= 0.6 is 0 Å². The molecular formula is C13H20N4. The molecule has 0 aromatic carbocycles. The van der Waals surface area contributed by atoms with E-state index >= 15 is 0 Å². The van der Waals surface area contributed by atoms with Crippen molar-refractivity contribution in [3.8, 4) is 0 Å². The summed E-state index contributed by atoms with van der Waals surface area (Å²) in [6.07, 6.45) is 4.49. The lowest BCUT2D eigenvalue weighted by Crippen LogP contribution is -2.49. The fourth-order valence-corrected chi connectivity index (χ4v) is 2.96. The molecule has 1 unspecified atom stereocenters. The van der Waals surface area contributed by atoms with Crippen LogP contribution in [0, 0.1) is 0 Å². The minimum Gasteiger partial charge on any atom is -0.397 e. The second kappa shape index (κ2) is 4.63. The summed E-state index contributed by atoms with van der Waals surface area (Å²) in [6, 6.07) is 4.77. The molecule has 2 fully saturated rings. The largest absolute Gasteiger partial charge is 0.397 e. The molecule has 2 aliphatic rings. The summed E-state index contributed by atoms with van der Waals surface area (Å²) in [7, 11) is 0. The zero-order chi connectivity index (χ0) is 11.7. The Morgan fingerprint density at radius 2 is 2.24 bits per heavy atom. The van der Waals surface area contributed by atoms with Gasteiger partial charge in [-0.2, -0.15) is 0 Å². The average molecular weight is 232 g/mol. The minimum atomic E-state index is 0.745. The van der Waals surface area contributed by atoms with Gasteiger partial charge in [0.05, 0.1) is 17.6 Å². The number of hydrogen-bond acceptors (Lipinski definition) is 4. The summed E-state index contributed by atoms with van der Waals surface area (Å²) < 4.78 is 0. The third kappa shape index (κ3) is 2.42. The molecule has 4 heteroatoms. The first-order chi connectivity index (χ1) is 8.31. The van der Waals surface area contributed by atoms with Gasteiger partial charge >= 0.3 is 0 Å². The van der Waals surface area contributed by atoms with Crippen LogP contribution < -0.4 is 5.73 Å². The summed E-state index contributed by atoms with van der Waals surface area (Å²) in [5, 5.41) is 0. The van der Waals surface area contributed by atoms with Gasteiger partial charge in [-0.3, -0.25) is 14.8 Å². The quantitative estimate of drug-likeness (QED) is 0.824. The number of hydrogen-bond donors (Lipinski definition) is 1. The van der Waals surface area contributed by atoms with Crippen molar-refractivity contribution in [2.75, 3.05) is 31.9 Å². The van der Waals surface area contributed by atoms with Crippen LogP contribution in [-0.4, -0.2) is 47.0 Å². The summed E-state index contributed by atoms with van der Waals surface area (Å²) >= 11 is 0. The van der Waals surface area contributed by atoms with Gasteiger partial charge in [0.15, 0.2) is 0 Å². The van der Waals surface area contributed by atoms with Gasteiger partial charge in [-0.1, -0.05) is 0 Å². The van der Waals surface area contributed by atoms with Crippen LogP contribution in [0.3, 0.4) is 0 Å². The molecule has 0 bridgehead atoms. The first-order valence-electron chi connectivity index (χ1n) is 6.48. The van der Waals surface area contributed by atoms with E-state index in [1.165, 1.54) is 39.0 Å². The summed E-state index contributed by atoms with van der Waals surface area (Å²) in [4.78, 5) is 9.53. The Balaban J connectivity index is 1.60. The molecule has 92 valence electrons. The maximum Gasteiger partial charge on any atom is 0.0545 e. The van der Waals surface area contributed by atoms with Gasteiger partial charge in [0, 0.05) is 32.2 Å². The molecular weight excluding hydrogens is 212 g/mol. The van der Waals surface area contributed by atoms with Crippen LogP contribution in [0.25, 0.3) is 0 Å². The van der Waals surface area contributed by atoms with Crippen molar-refractivity contribution in [2.24, 2.45) is 0 Å². The van der Waals surface area contributed by atoms with Crippen molar-refractivity contribution < 1.29 is 0 Å². The van der Waals surface area contributed by atoms with Gasteiger partial charge in [0.25, 0.3) is 0 Å². The SMILES string of the molecule is Nc1ccc(CN2CCN3CCCC3C2)nc1. The molecule has 2 aliphatic heterocycles. The molecule has 0 amide bonds. The number of nitrogen functional groups attached to an aromatic ring is 1. The highest BCUT2D eigenvalue weighted by Crippen LogP contribution is 2.22. The number of pyridine rings is 1. The molecule has 4 nitrogen and oxygen atoms in total. The van der Waals surface area contributed by atoms with E-state index in [9.17, 15) is 0 Å². The van der Waals surface area contributed by atoms with Crippen molar-refractivity contribution >= 4 is 5.69 Å². The molecule has 0 aliphatic carbocycles. The minimum absolute atomic E-state index is 0.745. The van der Waals surface area contributed by atoms with Crippen LogP contribution in [0.4, 0.5) is 5.69 Å². The molecule has 1 atom stereocenters. The van der Waals surface area contributed by atoms with Crippen LogP contribution in [0.15, 0.2) is 18.3 Å². The van der Waals surface area contributed by atoms with Gasteiger partial charge in [0.2, 0.25) is 0 Å². The highest BCUT2D eigenvalue weighted by molar-refractivity contribution is 5.34. The van der Waals surface area contributed by atoms with Crippen molar-refractivity contribution in [3.05, 3.63) is 24.0 Å². The lowest BCUT2D eigenvalue weighted by Gasteiger charge is -2.37. The Kier molecular flexibility index (Phi) is 2.99. The molecule has 0 radical (unpaired) electrons. The maximum absolute atomic E-state index is 5.65. The van der Waals surface area contributed by atoms with E-state index in [2.05, 4.69) is 14.8 Å². The lowest BCUT2D eigenvalue weighted by atomic mass is 10.1. The Morgan fingerprint density at radius 3 is 3.06 bits per heavy atom. The van der Waals surface area contributed by atoms with E-state index in [4.69, 9.17) is 5.73 Å². The lowest BCUT2D eigenvalue weighted by molar-refractivity contribution is 0.0984. The number of anilines is 1. The topological polar surface area (TPSA) is 45.4 Å². The van der Waals surface area contributed by atoms with Crippen molar-refractivity contribution in [1.29, 1.82) is 0 Å². The molecule has 17 heavy (non-hydrogen) atoms. The van der Waals surface area contributed by atoms with E-state index < -0.39 is 0 Å². The van der Waals surface area contributed by atoms with Gasteiger partial charge in [0.1, 0.15) is 0 Å². The fourth-order valence-electron chi connectivity index (χ4n) is 2.96. The molecule has 1 aromatic heterocycles. The van der Waals surface area contributed by atoms with E-state index in [-0.39, 0.29) is 0 Å². The first-order valence-corrected chi connectivity index (χ1v) is 6.48. The summed E-state index contributed by atoms with van der Waals surface area (Å²) in [5.41, 5.74) is 7.52. The number of piperazine rings is 1. The predicted octanol–water partition coefficient (Wildman–Crippen LogP) is 0.944. The highest BCUT2D eigenvalue weighted by Gasteiger charge is 2.30. The second-order valence-corrected chi connectivity index (χ2v) is 5.15. The third-order valence-corrected chi connectivity index (χ3v) is 3.90. The Morgan fingerprint density at radius 1 is 1.29 bits per heavy atom. The molecule has 3 rings (SSSR count). The average Bonchev–Trinajstić information content (AvgIpc) is 2.79. The summed E-state index contributed by atoms with van der Waals surface area (Å²) in [5.74, 6) is 0. The van der Waals surface area contributed by atoms with Crippen LogP contribution in [0.2, 0.25) is 0 Å². The first kappa shape index (κ1) is 11.0. The van der Waals surface area contributed by atoms with E-state index in [0.717, 1.165) is 24.0 Å². The Labute approximate surface area is 102 Å². The molecule has 2 saturated heterocycles. The summed E-state index contributed by atoms with van der Waals surface area (Å²) in [6.45, 7) is 5.86. The van der Waals surface area contributed by atoms with Crippen LogP contribution in [0.1, 0.15) is 18.5 Å². The Hall–Kier alpha value is -1.13. The van der Waals surface area contributed by atoms with Gasteiger partial charge in [-0.25, -0.2) is 0 Å². The number of rotatable bonds is 2. The van der Waals surface area contributed by atoms with Gasteiger partial charge in [-0.05, 0) is 31.5 Å². The predicted molar refractivity (Wildman–Crippen MR) is 68.5 cm³/mol. The van der Waals surface area contributed by atoms with Crippen LogP contribution in [0.5, 0.6) is 0 Å². The smallest absolute Gasteiger partial charge is 0.0545 e. The second-order valence-electron chi connectivity index (χ2n) is 5.15. The van der Waals surface area contributed by atoms with Gasteiger partial charge in [-0.15, -0.1) is 0 Å². The number of aromatic nitrogens is 1. The third-order valence-electron chi connectivity index (χ3n) is 3.90. The normalized spacial score (nSPS) is 26.0. The maximum atomic E-state index is 5.65. The number of nitrogens with two attached hydrogens (primary N) is 1. The Bertz CT molecular complexity index is 376. The zero-order valence-electron chi connectivity index (χ0n) is 10.2. The molecule has 0 spiro atoms. The van der Waals surface area contributed by atoms with Crippen molar-refractivity contribution in [2.45, 2.75) is 25.4 Å². The molecule has 0 saturated carbocycles. The molecule has 2 N–H and O–H groups in total. The van der Waals surface area contributed by atoms with Crippen molar-refractivity contribution in [3.63, 3.8) is 0 Å². The van der Waals surface area contributed by atoms with E-state index in [0.29, 0.717) is 0 Å². The zero-order valence-corrected chi connectivity index (χ0v) is 10.2. The monoisotopic (exact) mass is 232 g/mol. The van der Waals surface area contributed by atoms with E-state index in [1.807, 2.05) is 12.1 Å². The van der Waals surface area contributed by atoms with E-state index in [1.54, 1.807) is 6.20 Å².